The Morgan fingerprint density at radius 2 is 1.79 bits per heavy atom. The third kappa shape index (κ3) is 3.51. The second-order valence-corrected chi connectivity index (χ2v) is 8.36. The number of fused-ring (bicyclic) bond motifs is 1. The van der Waals surface area contributed by atoms with Crippen LogP contribution >= 0.6 is 11.6 Å². The molecule has 0 bridgehead atoms. The molecule has 0 radical (unpaired) electrons. The molecule has 0 unspecified atom stereocenters. The Hall–Kier alpha value is -3.52. The molecule has 1 aliphatic heterocycles. The molecule has 8 nitrogen and oxygen atoms in total. The largest absolute Gasteiger partial charge is 0.493 e. The second-order valence-electron chi connectivity index (χ2n) is 7.96. The summed E-state index contributed by atoms with van der Waals surface area (Å²) in [6.07, 6.45) is 2.43. The van der Waals surface area contributed by atoms with Gasteiger partial charge in [-0.1, -0.05) is 29.8 Å². The van der Waals surface area contributed by atoms with E-state index in [9.17, 15) is 4.79 Å². The minimum atomic E-state index is -0.430. The van der Waals surface area contributed by atoms with Crippen LogP contribution in [0.15, 0.2) is 54.0 Å². The van der Waals surface area contributed by atoms with Gasteiger partial charge < -0.3 is 19.5 Å². The number of rotatable bonds is 5. The van der Waals surface area contributed by atoms with Gasteiger partial charge in [0.05, 0.1) is 21.3 Å². The Bertz CT molecular complexity index is 1240. The number of benzene rings is 2. The highest BCUT2D eigenvalue weighted by Crippen LogP contribution is 2.47. The predicted octanol–water partition coefficient (Wildman–Crippen LogP) is 4.37. The van der Waals surface area contributed by atoms with Crippen LogP contribution in [0, 0.1) is 0 Å². The van der Waals surface area contributed by atoms with Crippen LogP contribution in [0.1, 0.15) is 35.9 Å². The number of carbonyl (C=O) groups excluding carboxylic acids is 1. The number of anilines is 1. The first-order valence-corrected chi connectivity index (χ1v) is 10.9. The smallest absolute Gasteiger partial charge is 0.226 e. The van der Waals surface area contributed by atoms with Crippen LogP contribution in [0.4, 0.5) is 5.95 Å². The van der Waals surface area contributed by atoms with Crippen LogP contribution in [-0.2, 0) is 4.79 Å². The molecule has 0 saturated carbocycles. The van der Waals surface area contributed by atoms with Gasteiger partial charge in [0, 0.05) is 28.3 Å². The molecule has 0 amide bonds. The lowest BCUT2D eigenvalue weighted by Crippen LogP contribution is -2.33. The lowest BCUT2D eigenvalue weighted by atomic mass is 9.77. The van der Waals surface area contributed by atoms with E-state index in [0.29, 0.717) is 46.6 Å². The van der Waals surface area contributed by atoms with Crippen LogP contribution in [0.3, 0.4) is 0 Å². The summed E-state index contributed by atoms with van der Waals surface area (Å²) in [6, 6.07) is 10.9. The molecule has 0 fully saturated rings. The molecule has 1 aromatic heterocycles. The third-order valence-corrected chi connectivity index (χ3v) is 6.56. The summed E-state index contributed by atoms with van der Waals surface area (Å²) < 4.78 is 18.2. The monoisotopic (exact) mass is 466 g/mol. The maximum Gasteiger partial charge on any atom is 0.226 e. The number of ether oxygens (including phenoxy) is 3. The highest BCUT2D eigenvalue weighted by atomic mass is 35.5. The number of nitrogens with zero attached hydrogens (tertiary/aromatic N) is 3. The summed E-state index contributed by atoms with van der Waals surface area (Å²) in [4.78, 5) is 17.9. The van der Waals surface area contributed by atoms with Crippen molar-refractivity contribution < 1.29 is 19.0 Å². The third-order valence-electron chi connectivity index (χ3n) is 6.22. The number of ketones is 1. The number of carbonyl (C=O) groups is 1. The van der Waals surface area contributed by atoms with Crippen molar-refractivity contribution in [2.75, 3.05) is 26.6 Å². The molecular formula is C24H23ClN4O4. The van der Waals surface area contributed by atoms with E-state index in [-0.39, 0.29) is 11.7 Å². The number of Topliss-reactive ketones (excluding diaryl/α,β-unsaturated/α-hetero) is 1. The van der Waals surface area contributed by atoms with Crippen LogP contribution in [0.5, 0.6) is 17.2 Å². The van der Waals surface area contributed by atoms with Gasteiger partial charge >= 0.3 is 0 Å². The molecule has 33 heavy (non-hydrogen) atoms. The number of nitrogens with one attached hydrogen (secondary N) is 1. The van der Waals surface area contributed by atoms with Gasteiger partial charge in [-0.05, 0) is 36.1 Å². The van der Waals surface area contributed by atoms with Crippen molar-refractivity contribution in [1.82, 2.24) is 14.8 Å². The minimum absolute atomic E-state index is 0.0357. The number of allylic oxidation sites excluding steroid dienone is 2. The molecule has 1 N–H and O–H groups in total. The molecule has 5 rings (SSSR count). The van der Waals surface area contributed by atoms with E-state index in [1.807, 2.05) is 36.4 Å². The van der Waals surface area contributed by atoms with Crippen molar-refractivity contribution in [3.63, 3.8) is 0 Å². The Labute approximate surface area is 196 Å². The van der Waals surface area contributed by atoms with E-state index in [0.717, 1.165) is 16.8 Å². The number of halogens is 1. The van der Waals surface area contributed by atoms with Gasteiger partial charge in [0.25, 0.3) is 0 Å². The van der Waals surface area contributed by atoms with E-state index < -0.39 is 6.04 Å². The standard InChI is InChI=1S/C24H23ClN4O4/c1-31-19-10-14(11-20(32-2)23(19)33-3)13-8-17-21(18(30)9-13)22(15-6-4-5-7-16(15)25)29-24(28-17)26-12-27-29/h4-7,10-13,22H,8-9H2,1-3H3,(H,26,27,28)/t13-,22+/m1/s1. The van der Waals surface area contributed by atoms with Crippen LogP contribution < -0.4 is 19.5 Å². The highest BCUT2D eigenvalue weighted by Gasteiger charge is 2.40. The SMILES string of the molecule is COc1cc([C@H]2CC(=O)C3=C(C2)Nc2ncnn2[C@H]3c2ccccc2Cl)cc(OC)c1OC. The summed E-state index contributed by atoms with van der Waals surface area (Å²) in [7, 11) is 4.73. The first-order chi connectivity index (χ1) is 16.0. The molecule has 2 heterocycles. The van der Waals surface area contributed by atoms with Crippen molar-refractivity contribution in [3.8, 4) is 17.2 Å². The Balaban J connectivity index is 1.59. The second kappa shape index (κ2) is 8.44. The quantitative estimate of drug-likeness (QED) is 0.597. The number of aromatic nitrogens is 3. The highest BCUT2D eigenvalue weighted by molar-refractivity contribution is 6.31. The van der Waals surface area contributed by atoms with Crippen LogP contribution in [0.2, 0.25) is 5.02 Å². The fourth-order valence-electron chi connectivity index (χ4n) is 4.71. The van der Waals surface area contributed by atoms with E-state index >= 15 is 0 Å². The molecular weight excluding hydrogens is 444 g/mol. The van der Waals surface area contributed by atoms with Crippen LogP contribution in [0.25, 0.3) is 0 Å². The molecule has 3 aromatic rings. The van der Waals surface area contributed by atoms with E-state index in [4.69, 9.17) is 25.8 Å². The van der Waals surface area contributed by atoms with Crippen molar-refractivity contribution in [2.24, 2.45) is 0 Å². The van der Waals surface area contributed by atoms with E-state index in [1.165, 1.54) is 6.33 Å². The zero-order chi connectivity index (χ0) is 23.1. The van der Waals surface area contributed by atoms with Gasteiger partial charge in [-0.25, -0.2) is 4.68 Å². The zero-order valence-corrected chi connectivity index (χ0v) is 19.2. The van der Waals surface area contributed by atoms with E-state index in [1.54, 1.807) is 26.0 Å². The lowest BCUT2D eigenvalue weighted by molar-refractivity contribution is -0.116. The molecule has 0 saturated heterocycles. The molecule has 0 spiro atoms. The number of hydrogen-bond donors (Lipinski definition) is 1. The summed E-state index contributed by atoms with van der Waals surface area (Å²) >= 11 is 6.53. The minimum Gasteiger partial charge on any atom is -0.493 e. The maximum absolute atomic E-state index is 13.6. The molecule has 9 heteroatoms. The van der Waals surface area contributed by atoms with Crippen molar-refractivity contribution in [2.45, 2.75) is 24.8 Å². The Morgan fingerprint density at radius 1 is 1.06 bits per heavy atom. The van der Waals surface area contributed by atoms with Gasteiger partial charge in [-0.15, -0.1) is 0 Å². The summed E-state index contributed by atoms with van der Waals surface area (Å²) in [5, 5.41) is 8.28. The first kappa shape index (κ1) is 21.3. The Morgan fingerprint density at radius 3 is 2.45 bits per heavy atom. The number of methoxy groups -OCH3 is 3. The van der Waals surface area contributed by atoms with Gasteiger partial charge in [0.1, 0.15) is 12.4 Å². The van der Waals surface area contributed by atoms with Crippen molar-refractivity contribution in [1.29, 1.82) is 0 Å². The van der Waals surface area contributed by atoms with Crippen molar-refractivity contribution >= 4 is 23.3 Å². The van der Waals surface area contributed by atoms with Crippen molar-refractivity contribution in [3.05, 3.63) is 70.1 Å². The summed E-state index contributed by atoms with van der Waals surface area (Å²) in [6.45, 7) is 0. The summed E-state index contributed by atoms with van der Waals surface area (Å²) in [5.41, 5.74) is 3.26. The Kier molecular flexibility index (Phi) is 5.46. The number of hydrogen-bond acceptors (Lipinski definition) is 7. The summed E-state index contributed by atoms with van der Waals surface area (Å²) in [5.74, 6) is 2.19. The fraction of sp³-hybridized carbons (Fsp3) is 0.292. The molecule has 170 valence electrons. The first-order valence-electron chi connectivity index (χ1n) is 10.5. The lowest BCUT2D eigenvalue weighted by Gasteiger charge is -2.35. The average Bonchev–Trinajstić information content (AvgIpc) is 3.30. The molecule has 2 aliphatic rings. The average molecular weight is 467 g/mol. The van der Waals surface area contributed by atoms with Gasteiger partial charge in [0.2, 0.25) is 11.7 Å². The normalized spacial score (nSPS) is 19.5. The zero-order valence-electron chi connectivity index (χ0n) is 18.5. The maximum atomic E-state index is 13.6. The fourth-order valence-corrected chi connectivity index (χ4v) is 4.95. The molecule has 1 aliphatic carbocycles. The van der Waals surface area contributed by atoms with Gasteiger partial charge in [-0.3, -0.25) is 4.79 Å². The predicted molar refractivity (Wildman–Crippen MR) is 123 cm³/mol. The van der Waals surface area contributed by atoms with Gasteiger partial charge in [-0.2, -0.15) is 10.1 Å². The topological polar surface area (TPSA) is 87.5 Å². The van der Waals surface area contributed by atoms with E-state index in [2.05, 4.69) is 15.4 Å². The molecule has 2 atom stereocenters. The molecule has 2 aromatic carbocycles. The van der Waals surface area contributed by atoms with Gasteiger partial charge in [0.15, 0.2) is 17.3 Å². The van der Waals surface area contributed by atoms with Crippen LogP contribution in [-0.4, -0.2) is 41.9 Å².